The third kappa shape index (κ3) is 3.23. The monoisotopic (exact) mass is 194 g/mol. The fourth-order valence-corrected chi connectivity index (χ4v) is 2.08. The van der Waals surface area contributed by atoms with Gasteiger partial charge >= 0.3 is 0 Å². The lowest BCUT2D eigenvalue weighted by atomic mass is 10.1. The zero-order valence-corrected chi connectivity index (χ0v) is 9.92. The minimum atomic E-state index is -1.45. The molecule has 0 saturated heterocycles. The number of benzene rings is 1. The maximum Gasteiger partial charge on any atom is 0.242 e. The second-order valence-corrected chi connectivity index (χ2v) is 8.60. The fraction of sp³-hybridized carbons (Fsp3) is 0.455. The van der Waals surface area contributed by atoms with E-state index < -0.39 is 8.32 Å². The van der Waals surface area contributed by atoms with Crippen LogP contribution >= 0.6 is 0 Å². The molecule has 0 unspecified atom stereocenters. The normalized spacial score (nSPS) is 11.4. The summed E-state index contributed by atoms with van der Waals surface area (Å²) in [4.78, 5) is 0. The molecular weight excluding hydrogens is 176 g/mol. The van der Waals surface area contributed by atoms with E-state index in [-0.39, 0.29) is 0 Å². The van der Waals surface area contributed by atoms with Gasteiger partial charge in [0.05, 0.1) is 0 Å². The van der Waals surface area contributed by atoms with Gasteiger partial charge in [0.2, 0.25) is 8.32 Å². The minimum absolute atomic E-state index is 1.04. The SMILES string of the molecule is CCc1ccccc1O[Si](C)(C)C. The van der Waals surface area contributed by atoms with Crippen LogP contribution in [0.15, 0.2) is 24.3 Å². The molecule has 0 aliphatic rings. The van der Waals surface area contributed by atoms with Crippen molar-refractivity contribution in [1.29, 1.82) is 0 Å². The molecule has 2 heteroatoms. The van der Waals surface area contributed by atoms with Gasteiger partial charge in [-0.15, -0.1) is 0 Å². The number of para-hydroxylation sites is 1. The Morgan fingerprint density at radius 1 is 1.15 bits per heavy atom. The second-order valence-electron chi connectivity index (χ2n) is 4.18. The summed E-state index contributed by atoms with van der Waals surface area (Å²) in [5.41, 5.74) is 1.31. The fourth-order valence-electron chi connectivity index (χ4n) is 1.23. The van der Waals surface area contributed by atoms with Crippen LogP contribution in [0.2, 0.25) is 19.6 Å². The van der Waals surface area contributed by atoms with Gasteiger partial charge in [0.1, 0.15) is 5.75 Å². The maximum atomic E-state index is 5.96. The lowest BCUT2D eigenvalue weighted by Gasteiger charge is -2.21. The minimum Gasteiger partial charge on any atom is -0.544 e. The first-order valence-electron chi connectivity index (χ1n) is 4.80. The van der Waals surface area contributed by atoms with Crippen LogP contribution in [0.25, 0.3) is 0 Å². The molecule has 0 amide bonds. The molecule has 0 bridgehead atoms. The van der Waals surface area contributed by atoms with Crippen molar-refractivity contribution < 1.29 is 4.43 Å². The van der Waals surface area contributed by atoms with Crippen molar-refractivity contribution in [2.75, 3.05) is 0 Å². The molecule has 72 valence electrons. The van der Waals surface area contributed by atoms with Gasteiger partial charge in [-0.25, -0.2) is 0 Å². The summed E-state index contributed by atoms with van der Waals surface area (Å²) in [5, 5.41) is 0. The van der Waals surface area contributed by atoms with Crippen LogP contribution in [0.5, 0.6) is 5.75 Å². The highest BCUT2D eigenvalue weighted by Crippen LogP contribution is 2.21. The van der Waals surface area contributed by atoms with Crippen molar-refractivity contribution in [2.24, 2.45) is 0 Å². The predicted molar refractivity (Wildman–Crippen MR) is 59.8 cm³/mol. The standard InChI is InChI=1S/C11H18OSi/c1-5-10-8-6-7-9-11(10)12-13(2,3)4/h6-9H,5H2,1-4H3. The molecule has 0 N–H and O–H groups in total. The Bertz CT molecular complexity index is 276. The molecule has 0 saturated carbocycles. The van der Waals surface area contributed by atoms with Gasteiger partial charge < -0.3 is 4.43 Å². The molecule has 0 aromatic heterocycles. The molecule has 0 atom stereocenters. The summed E-state index contributed by atoms with van der Waals surface area (Å²) >= 11 is 0. The van der Waals surface area contributed by atoms with Gasteiger partial charge in [-0.2, -0.15) is 0 Å². The molecular formula is C11H18OSi. The van der Waals surface area contributed by atoms with Gasteiger partial charge in [0, 0.05) is 0 Å². The Hall–Kier alpha value is -0.763. The topological polar surface area (TPSA) is 9.23 Å². The van der Waals surface area contributed by atoms with E-state index in [0.29, 0.717) is 0 Å². The van der Waals surface area contributed by atoms with E-state index in [9.17, 15) is 0 Å². The third-order valence-electron chi connectivity index (χ3n) is 1.77. The van der Waals surface area contributed by atoms with Crippen molar-refractivity contribution in [3.63, 3.8) is 0 Å². The lowest BCUT2D eigenvalue weighted by molar-refractivity contribution is 0.550. The van der Waals surface area contributed by atoms with Crippen LogP contribution in [0.1, 0.15) is 12.5 Å². The first-order valence-corrected chi connectivity index (χ1v) is 8.20. The molecule has 1 aromatic carbocycles. The first kappa shape index (κ1) is 10.3. The highest BCUT2D eigenvalue weighted by Gasteiger charge is 2.17. The Morgan fingerprint density at radius 3 is 2.31 bits per heavy atom. The highest BCUT2D eigenvalue weighted by molar-refractivity contribution is 6.70. The van der Waals surface area contributed by atoms with Gasteiger partial charge in [-0.05, 0) is 37.7 Å². The summed E-state index contributed by atoms with van der Waals surface area (Å²) in [6, 6.07) is 8.30. The summed E-state index contributed by atoms with van der Waals surface area (Å²) in [6.07, 6.45) is 1.04. The quantitative estimate of drug-likeness (QED) is 0.670. The molecule has 0 fully saturated rings. The van der Waals surface area contributed by atoms with E-state index in [4.69, 9.17) is 4.43 Å². The second kappa shape index (κ2) is 3.96. The van der Waals surface area contributed by atoms with E-state index >= 15 is 0 Å². The number of hydrogen-bond donors (Lipinski definition) is 0. The Balaban J connectivity index is 2.87. The maximum absolute atomic E-state index is 5.96. The number of hydrogen-bond acceptors (Lipinski definition) is 1. The number of aryl methyl sites for hydroxylation is 1. The van der Waals surface area contributed by atoms with Crippen molar-refractivity contribution in [2.45, 2.75) is 33.0 Å². The van der Waals surface area contributed by atoms with E-state index in [0.717, 1.165) is 12.2 Å². The molecule has 0 radical (unpaired) electrons. The van der Waals surface area contributed by atoms with Crippen LogP contribution < -0.4 is 4.43 Å². The van der Waals surface area contributed by atoms with E-state index in [1.54, 1.807) is 0 Å². The zero-order chi connectivity index (χ0) is 9.90. The van der Waals surface area contributed by atoms with Crippen molar-refractivity contribution in [3.05, 3.63) is 29.8 Å². The van der Waals surface area contributed by atoms with E-state index in [2.05, 4.69) is 44.8 Å². The molecule has 13 heavy (non-hydrogen) atoms. The smallest absolute Gasteiger partial charge is 0.242 e. The van der Waals surface area contributed by atoms with Gasteiger partial charge in [0.25, 0.3) is 0 Å². The van der Waals surface area contributed by atoms with Crippen LogP contribution in [0, 0.1) is 0 Å². The van der Waals surface area contributed by atoms with Crippen LogP contribution in [-0.2, 0) is 6.42 Å². The summed E-state index contributed by atoms with van der Waals surface area (Å²) < 4.78 is 5.96. The molecule has 1 nitrogen and oxygen atoms in total. The Kier molecular flexibility index (Phi) is 3.15. The van der Waals surface area contributed by atoms with Gasteiger partial charge in [-0.3, -0.25) is 0 Å². The van der Waals surface area contributed by atoms with Crippen molar-refractivity contribution in [1.82, 2.24) is 0 Å². The van der Waals surface area contributed by atoms with Crippen molar-refractivity contribution in [3.8, 4) is 5.75 Å². The molecule has 0 heterocycles. The lowest BCUT2D eigenvalue weighted by Crippen LogP contribution is -2.29. The molecule has 0 aliphatic heterocycles. The summed E-state index contributed by atoms with van der Waals surface area (Å²) in [6.45, 7) is 8.78. The molecule has 1 rings (SSSR count). The highest BCUT2D eigenvalue weighted by atomic mass is 28.4. The molecule has 1 aromatic rings. The van der Waals surface area contributed by atoms with E-state index in [1.807, 2.05) is 6.07 Å². The van der Waals surface area contributed by atoms with Gasteiger partial charge in [0.15, 0.2) is 0 Å². The largest absolute Gasteiger partial charge is 0.544 e. The van der Waals surface area contributed by atoms with Crippen LogP contribution in [0.4, 0.5) is 0 Å². The summed E-state index contributed by atoms with van der Waals surface area (Å²) in [5.74, 6) is 1.07. The van der Waals surface area contributed by atoms with E-state index in [1.165, 1.54) is 5.56 Å². The number of rotatable bonds is 3. The zero-order valence-electron chi connectivity index (χ0n) is 8.92. The third-order valence-corrected chi connectivity index (χ3v) is 2.60. The van der Waals surface area contributed by atoms with Crippen LogP contribution in [-0.4, -0.2) is 8.32 Å². The first-order chi connectivity index (χ1) is 6.03. The average molecular weight is 194 g/mol. The molecule has 0 spiro atoms. The van der Waals surface area contributed by atoms with Gasteiger partial charge in [-0.1, -0.05) is 25.1 Å². The average Bonchev–Trinajstić information content (AvgIpc) is 2.02. The summed E-state index contributed by atoms with van der Waals surface area (Å²) in [7, 11) is -1.45. The molecule has 0 aliphatic carbocycles. The predicted octanol–water partition coefficient (Wildman–Crippen LogP) is 3.46. The Morgan fingerprint density at radius 2 is 1.77 bits per heavy atom. The Labute approximate surface area is 81.9 Å². The van der Waals surface area contributed by atoms with Crippen molar-refractivity contribution >= 4 is 8.32 Å². The van der Waals surface area contributed by atoms with Crippen LogP contribution in [0.3, 0.4) is 0 Å².